The van der Waals surface area contributed by atoms with Gasteiger partial charge in [0, 0.05) is 5.92 Å². The van der Waals surface area contributed by atoms with Gasteiger partial charge in [0.1, 0.15) is 11.1 Å². The highest BCUT2D eigenvalue weighted by atomic mass is 32.1. The zero-order valence-electron chi connectivity index (χ0n) is 10.6. The molecule has 2 aromatic rings. The van der Waals surface area contributed by atoms with Gasteiger partial charge < -0.3 is 0 Å². The van der Waals surface area contributed by atoms with Crippen molar-refractivity contribution >= 4 is 11.3 Å². The van der Waals surface area contributed by atoms with Gasteiger partial charge in [0.25, 0.3) is 0 Å². The van der Waals surface area contributed by atoms with E-state index in [4.69, 9.17) is 5.26 Å². The summed E-state index contributed by atoms with van der Waals surface area (Å²) < 4.78 is 1.65. The Morgan fingerprint density at radius 3 is 2.50 bits per heavy atom. The number of nitrogens with zero attached hydrogens (tertiary/aromatic N) is 6. The summed E-state index contributed by atoms with van der Waals surface area (Å²) in [6, 6.07) is 2.10. The maximum atomic E-state index is 9.13. The maximum Gasteiger partial charge on any atom is 0.234 e. The second-order valence-corrected chi connectivity index (χ2v) is 5.12. The minimum Gasteiger partial charge on any atom is -0.191 e. The molecule has 6 nitrogen and oxygen atoms in total. The fraction of sp³-hybridized carbons (Fsp3) is 0.545. The van der Waals surface area contributed by atoms with Gasteiger partial charge in [-0.3, -0.25) is 0 Å². The number of hydrogen-bond acceptors (Lipinski definition) is 6. The number of nitriles is 1. The highest BCUT2D eigenvalue weighted by Crippen LogP contribution is 2.27. The van der Waals surface area contributed by atoms with Crippen LogP contribution in [0.3, 0.4) is 0 Å². The van der Waals surface area contributed by atoms with E-state index in [-0.39, 0.29) is 5.92 Å². The van der Waals surface area contributed by atoms with E-state index in [0.29, 0.717) is 10.8 Å². The maximum absolute atomic E-state index is 9.13. The third kappa shape index (κ3) is 2.11. The predicted molar refractivity (Wildman–Crippen MR) is 67.6 cm³/mol. The Kier molecular flexibility index (Phi) is 3.67. The third-order valence-corrected chi connectivity index (χ3v) is 3.69. The molecule has 0 aliphatic heterocycles. The van der Waals surface area contributed by atoms with E-state index in [0.717, 1.165) is 23.5 Å². The van der Waals surface area contributed by atoms with Crippen LogP contribution in [-0.4, -0.2) is 25.2 Å². The van der Waals surface area contributed by atoms with E-state index in [9.17, 15) is 0 Å². The molecule has 0 radical (unpaired) electrons. The highest BCUT2D eigenvalue weighted by Gasteiger charge is 2.22. The lowest BCUT2D eigenvalue weighted by Crippen LogP contribution is -2.08. The second kappa shape index (κ2) is 5.23. The van der Waals surface area contributed by atoms with Gasteiger partial charge in [-0.2, -0.15) is 9.94 Å². The monoisotopic (exact) mass is 262 g/mol. The Bertz CT molecular complexity index is 575. The van der Waals surface area contributed by atoms with Gasteiger partial charge >= 0.3 is 0 Å². The highest BCUT2D eigenvalue weighted by molar-refractivity contribution is 7.13. The quantitative estimate of drug-likeness (QED) is 0.843. The van der Waals surface area contributed by atoms with Crippen molar-refractivity contribution in [1.29, 1.82) is 5.26 Å². The second-order valence-electron chi connectivity index (χ2n) is 3.96. The number of aromatic nitrogens is 5. The van der Waals surface area contributed by atoms with Gasteiger partial charge in [0.15, 0.2) is 5.69 Å². The van der Waals surface area contributed by atoms with Crippen LogP contribution in [0.2, 0.25) is 0 Å². The molecule has 2 aromatic heterocycles. The molecule has 0 bridgehead atoms. The van der Waals surface area contributed by atoms with Crippen molar-refractivity contribution in [3.8, 4) is 11.2 Å². The molecule has 0 fully saturated rings. The molecule has 0 amide bonds. The minimum absolute atomic E-state index is 0.263. The van der Waals surface area contributed by atoms with E-state index in [1.807, 2.05) is 6.92 Å². The van der Waals surface area contributed by atoms with Crippen LogP contribution in [0.1, 0.15) is 49.0 Å². The first-order valence-electron chi connectivity index (χ1n) is 5.87. The van der Waals surface area contributed by atoms with Crippen molar-refractivity contribution in [3.05, 3.63) is 16.4 Å². The largest absolute Gasteiger partial charge is 0.234 e. The lowest BCUT2D eigenvalue weighted by molar-refractivity contribution is 0.592. The lowest BCUT2D eigenvalue weighted by atomic mass is 9.98. The van der Waals surface area contributed by atoms with Crippen LogP contribution in [0.5, 0.6) is 0 Å². The van der Waals surface area contributed by atoms with Crippen LogP contribution in [0.25, 0.3) is 5.13 Å². The van der Waals surface area contributed by atoms with Gasteiger partial charge in [-0.1, -0.05) is 30.4 Å². The van der Waals surface area contributed by atoms with Gasteiger partial charge in [0.05, 0.1) is 5.69 Å². The summed E-state index contributed by atoms with van der Waals surface area (Å²) in [4.78, 5) is 0. The normalized spacial score (nSPS) is 10.8. The third-order valence-electron chi connectivity index (χ3n) is 2.88. The molecule has 0 aliphatic carbocycles. The van der Waals surface area contributed by atoms with Crippen molar-refractivity contribution in [2.45, 2.75) is 39.5 Å². The smallest absolute Gasteiger partial charge is 0.191 e. The Labute approximate surface area is 109 Å². The Morgan fingerprint density at radius 1 is 1.28 bits per heavy atom. The zero-order valence-corrected chi connectivity index (χ0v) is 11.4. The molecule has 0 saturated heterocycles. The van der Waals surface area contributed by atoms with Crippen LogP contribution in [0.4, 0.5) is 0 Å². The average molecular weight is 262 g/mol. The topological polar surface area (TPSA) is 80.3 Å². The van der Waals surface area contributed by atoms with Crippen LogP contribution >= 0.6 is 11.3 Å². The summed E-state index contributed by atoms with van der Waals surface area (Å²) in [6.07, 6.45) is 1.88. The van der Waals surface area contributed by atoms with Crippen LogP contribution in [-0.2, 0) is 0 Å². The van der Waals surface area contributed by atoms with Gasteiger partial charge in [-0.15, -0.1) is 15.3 Å². The van der Waals surface area contributed by atoms with Crippen molar-refractivity contribution in [2.75, 3.05) is 0 Å². The molecule has 0 aromatic carbocycles. The zero-order chi connectivity index (χ0) is 13.1. The minimum atomic E-state index is 0.263. The molecule has 7 heteroatoms. The summed E-state index contributed by atoms with van der Waals surface area (Å²) >= 11 is 1.45. The fourth-order valence-electron chi connectivity index (χ4n) is 1.92. The summed E-state index contributed by atoms with van der Waals surface area (Å²) in [5, 5.41) is 26.7. The van der Waals surface area contributed by atoms with Gasteiger partial charge in [0.2, 0.25) is 5.13 Å². The fourth-order valence-corrected chi connectivity index (χ4v) is 2.57. The number of aryl methyl sites for hydroxylation is 1. The Morgan fingerprint density at radius 2 is 2.00 bits per heavy atom. The van der Waals surface area contributed by atoms with Crippen molar-refractivity contribution in [2.24, 2.45) is 0 Å². The number of hydrogen-bond donors (Lipinski definition) is 0. The summed E-state index contributed by atoms with van der Waals surface area (Å²) in [5.41, 5.74) is 1.23. The van der Waals surface area contributed by atoms with Gasteiger partial charge in [-0.25, -0.2) is 0 Å². The molecule has 0 saturated carbocycles. The molecule has 0 spiro atoms. The van der Waals surface area contributed by atoms with E-state index in [2.05, 4.69) is 40.4 Å². The Balaban J connectivity index is 2.55. The molecular weight excluding hydrogens is 248 g/mol. The first-order chi connectivity index (χ1) is 8.71. The first kappa shape index (κ1) is 12.6. The Hall–Kier alpha value is -1.81. The molecule has 0 unspecified atom stereocenters. The first-order valence-corrected chi connectivity index (χ1v) is 6.69. The summed E-state index contributed by atoms with van der Waals surface area (Å²) in [6.45, 7) is 6.08. The molecule has 2 rings (SSSR count). The predicted octanol–water partition coefficient (Wildman–Crippen LogP) is 2.20. The molecule has 0 aliphatic rings. The van der Waals surface area contributed by atoms with E-state index < -0.39 is 0 Å². The van der Waals surface area contributed by atoms with Crippen molar-refractivity contribution < 1.29 is 0 Å². The molecule has 0 N–H and O–H groups in total. The summed E-state index contributed by atoms with van der Waals surface area (Å²) in [5.74, 6) is 0.263. The molecule has 18 heavy (non-hydrogen) atoms. The molecule has 0 atom stereocenters. The standard InChI is InChI=1S/C11H14N6S/c1-4-8(5-2)10-9(6-12)14-16-17(10)11-15-13-7(3)18-11/h8H,4-5H2,1-3H3. The molecule has 2 heterocycles. The van der Waals surface area contributed by atoms with E-state index in [1.54, 1.807) is 4.68 Å². The summed E-state index contributed by atoms with van der Waals surface area (Å²) in [7, 11) is 0. The van der Waals surface area contributed by atoms with E-state index in [1.165, 1.54) is 11.3 Å². The van der Waals surface area contributed by atoms with Crippen molar-refractivity contribution in [1.82, 2.24) is 25.2 Å². The van der Waals surface area contributed by atoms with Crippen LogP contribution < -0.4 is 0 Å². The average Bonchev–Trinajstić information content (AvgIpc) is 2.97. The van der Waals surface area contributed by atoms with Crippen LogP contribution in [0, 0.1) is 18.3 Å². The van der Waals surface area contributed by atoms with Gasteiger partial charge in [-0.05, 0) is 19.8 Å². The molecule has 94 valence electrons. The SMILES string of the molecule is CCC(CC)c1c(C#N)nnn1-c1nnc(C)s1. The van der Waals surface area contributed by atoms with Crippen LogP contribution in [0.15, 0.2) is 0 Å². The number of rotatable bonds is 4. The molecular formula is C11H14N6S. The van der Waals surface area contributed by atoms with Crippen molar-refractivity contribution in [3.63, 3.8) is 0 Å². The van der Waals surface area contributed by atoms with E-state index >= 15 is 0 Å². The lowest BCUT2D eigenvalue weighted by Gasteiger charge is -2.12.